The van der Waals surface area contributed by atoms with Crippen LogP contribution in [0.1, 0.15) is 28.4 Å². The van der Waals surface area contributed by atoms with Crippen LogP contribution in [0.25, 0.3) is 5.82 Å². The predicted molar refractivity (Wildman–Crippen MR) is 97.9 cm³/mol. The van der Waals surface area contributed by atoms with Crippen molar-refractivity contribution in [2.45, 2.75) is 26.2 Å². The zero-order valence-electron chi connectivity index (χ0n) is 14.4. The fourth-order valence-corrected chi connectivity index (χ4v) is 3.36. The van der Waals surface area contributed by atoms with Gasteiger partial charge in [-0.2, -0.15) is 5.10 Å². The number of pyridine rings is 1. The van der Waals surface area contributed by atoms with E-state index in [0.717, 1.165) is 11.3 Å². The molecule has 2 heterocycles. The van der Waals surface area contributed by atoms with Crippen LogP contribution >= 0.6 is 11.6 Å². The Bertz CT molecular complexity index is 956. The Morgan fingerprint density at radius 3 is 2.69 bits per heavy atom. The maximum Gasteiger partial charge on any atom is 0.225 e. The van der Waals surface area contributed by atoms with Crippen molar-refractivity contribution < 1.29 is 9.18 Å². The zero-order valence-corrected chi connectivity index (χ0v) is 15.2. The third kappa shape index (κ3) is 3.46. The zero-order chi connectivity index (χ0) is 18.8. The topological polar surface area (TPSA) is 73.8 Å². The molecule has 3 rings (SSSR count). The Morgan fingerprint density at radius 1 is 1.31 bits per heavy atom. The molecule has 26 heavy (non-hydrogen) atoms. The summed E-state index contributed by atoms with van der Waals surface area (Å²) in [6.07, 6.45) is 1.94. The van der Waals surface area contributed by atoms with E-state index >= 15 is 0 Å². The van der Waals surface area contributed by atoms with Crippen molar-refractivity contribution >= 4 is 17.5 Å². The molecule has 134 valence electrons. The average Bonchev–Trinajstić information content (AvgIpc) is 2.89. The lowest BCUT2D eigenvalue weighted by atomic mass is 9.90. The van der Waals surface area contributed by atoms with E-state index < -0.39 is 17.6 Å². The van der Waals surface area contributed by atoms with E-state index in [1.165, 1.54) is 12.1 Å². The largest absolute Gasteiger partial charge is 0.369 e. The van der Waals surface area contributed by atoms with E-state index in [4.69, 9.17) is 17.3 Å². The van der Waals surface area contributed by atoms with Crippen LogP contribution in [0.3, 0.4) is 0 Å². The van der Waals surface area contributed by atoms with Crippen LogP contribution in [-0.4, -0.2) is 20.7 Å². The van der Waals surface area contributed by atoms with Gasteiger partial charge in [0, 0.05) is 22.5 Å². The number of aromatic nitrogens is 3. The van der Waals surface area contributed by atoms with Gasteiger partial charge in [0.25, 0.3) is 0 Å². The van der Waals surface area contributed by atoms with Crippen molar-refractivity contribution in [3.8, 4) is 5.82 Å². The Labute approximate surface area is 155 Å². The summed E-state index contributed by atoms with van der Waals surface area (Å²) in [5, 5.41) is 4.78. The van der Waals surface area contributed by atoms with Gasteiger partial charge in [0.15, 0.2) is 5.82 Å². The predicted octanol–water partition coefficient (Wildman–Crippen LogP) is 3.49. The molecule has 2 aromatic heterocycles. The van der Waals surface area contributed by atoms with Crippen molar-refractivity contribution in [1.82, 2.24) is 14.8 Å². The van der Waals surface area contributed by atoms with E-state index in [1.54, 1.807) is 16.9 Å². The van der Waals surface area contributed by atoms with Gasteiger partial charge in [0.05, 0.1) is 11.6 Å². The molecule has 0 radical (unpaired) electrons. The van der Waals surface area contributed by atoms with Gasteiger partial charge in [0.2, 0.25) is 5.91 Å². The fourth-order valence-electron chi connectivity index (χ4n) is 3.11. The van der Waals surface area contributed by atoms with Crippen molar-refractivity contribution in [1.29, 1.82) is 0 Å². The summed E-state index contributed by atoms with van der Waals surface area (Å²) >= 11 is 6.12. The van der Waals surface area contributed by atoms with Crippen molar-refractivity contribution in [3.05, 3.63) is 75.9 Å². The molecule has 0 bridgehead atoms. The third-order valence-electron chi connectivity index (χ3n) is 4.34. The number of nitrogens with two attached hydrogens (primary N) is 1. The number of halogens is 2. The highest BCUT2D eigenvalue weighted by Gasteiger charge is 2.27. The van der Waals surface area contributed by atoms with Gasteiger partial charge >= 0.3 is 0 Å². The molecular formula is C19H18ClFN4O. The Balaban J connectivity index is 2.04. The smallest absolute Gasteiger partial charge is 0.225 e. The molecule has 1 amide bonds. The maximum absolute atomic E-state index is 13.3. The Morgan fingerprint density at radius 2 is 2.08 bits per heavy atom. The molecule has 0 fully saturated rings. The quantitative estimate of drug-likeness (QED) is 0.745. The lowest BCUT2D eigenvalue weighted by Gasteiger charge is -2.15. The Hall–Kier alpha value is -2.73. The minimum absolute atomic E-state index is 0.267. The second kappa shape index (κ2) is 7.25. The number of benzene rings is 1. The number of carbonyl (C=O) groups is 1. The second-order valence-corrected chi connectivity index (χ2v) is 6.49. The van der Waals surface area contributed by atoms with Gasteiger partial charge in [-0.3, -0.25) is 4.79 Å². The van der Waals surface area contributed by atoms with Gasteiger partial charge in [0.1, 0.15) is 5.82 Å². The standard InChI is InChI=1S/C19H18ClFN4O/c1-11-18(12(2)25(24-11)17-5-3-4-8-23-17)15(19(22)26)9-13-6-7-14(21)10-16(13)20/h3-8,10,15H,9H2,1-2H3,(H2,22,26). The number of hydrogen-bond donors (Lipinski definition) is 1. The number of carbonyl (C=O) groups excluding carboxylic acids is 1. The summed E-state index contributed by atoms with van der Waals surface area (Å²) in [4.78, 5) is 16.5. The highest BCUT2D eigenvalue weighted by molar-refractivity contribution is 6.31. The van der Waals surface area contributed by atoms with Crippen molar-refractivity contribution in [2.24, 2.45) is 5.73 Å². The average molecular weight is 373 g/mol. The normalized spacial score (nSPS) is 12.2. The maximum atomic E-state index is 13.3. The molecule has 3 aromatic rings. The highest BCUT2D eigenvalue weighted by atomic mass is 35.5. The molecule has 0 aliphatic rings. The minimum Gasteiger partial charge on any atom is -0.369 e. The number of nitrogens with zero attached hydrogens (tertiary/aromatic N) is 3. The van der Waals surface area contributed by atoms with Crippen LogP contribution in [0.5, 0.6) is 0 Å². The number of primary amides is 1. The molecule has 2 N–H and O–H groups in total. The Kier molecular flexibility index (Phi) is 5.04. The van der Waals surface area contributed by atoms with Crippen LogP contribution in [-0.2, 0) is 11.2 Å². The van der Waals surface area contributed by atoms with Gasteiger partial charge in [-0.05, 0) is 50.1 Å². The van der Waals surface area contributed by atoms with Crippen LogP contribution in [0.15, 0.2) is 42.6 Å². The fraction of sp³-hybridized carbons (Fsp3) is 0.211. The SMILES string of the molecule is Cc1nn(-c2ccccn2)c(C)c1C(Cc1ccc(F)cc1Cl)C(N)=O. The first-order chi connectivity index (χ1) is 12.4. The number of amides is 1. The number of hydrogen-bond acceptors (Lipinski definition) is 3. The molecule has 0 saturated carbocycles. The first kappa shape index (κ1) is 18.1. The molecule has 1 atom stereocenters. The molecule has 0 aliphatic carbocycles. The molecular weight excluding hydrogens is 355 g/mol. The lowest BCUT2D eigenvalue weighted by molar-refractivity contribution is -0.119. The second-order valence-electron chi connectivity index (χ2n) is 6.08. The van der Waals surface area contributed by atoms with E-state index in [-0.39, 0.29) is 11.4 Å². The summed E-state index contributed by atoms with van der Waals surface area (Å²) in [5.74, 6) is -0.889. The lowest BCUT2D eigenvalue weighted by Crippen LogP contribution is -2.24. The summed E-state index contributed by atoms with van der Waals surface area (Å²) in [6, 6.07) is 9.63. The van der Waals surface area contributed by atoms with E-state index in [0.29, 0.717) is 17.1 Å². The van der Waals surface area contributed by atoms with Gasteiger partial charge in [-0.1, -0.05) is 23.7 Å². The molecule has 1 aromatic carbocycles. The van der Waals surface area contributed by atoms with Crippen molar-refractivity contribution in [2.75, 3.05) is 0 Å². The van der Waals surface area contributed by atoms with Crippen LogP contribution < -0.4 is 5.73 Å². The van der Waals surface area contributed by atoms with E-state index in [2.05, 4.69) is 10.1 Å². The number of aryl methyl sites for hydroxylation is 1. The van der Waals surface area contributed by atoms with Gasteiger partial charge in [-0.25, -0.2) is 14.1 Å². The first-order valence-electron chi connectivity index (χ1n) is 8.09. The van der Waals surface area contributed by atoms with Crippen LogP contribution in [0, 0.1) is 19.7 Å². The summed E-state index contributed by atoms with van der Waals surface area (Å²) in [6.45, 7) is 3.69. The minimum atomic E-state index is -0.629. The monoisotopic (exact) mass is 372 g/mol. The third-order valence-corrected chi connectivity index (χ3v) is 4.70. The highest BCUT2D eigenvalue weighted by Crippen LogP contribution is 2.30. The van der Waals surface area contributed by atoms with Crippen LogP contribution in [0.4, 0.5) is 4.39 Å². The molecule has 7 heteroatoms. The van der Waals surface area contributed by atoms with Crippen LogP contribution in [0.2, 0.25) is 5.02 Å². The first-order valence-corrected chi connectivity index (χ1v) is 8.47. The summed E-state index contributed by atoms with van der Waals surface area (Å²) in [5.41, 5.74) is 8.54. The molecule has 0 aliphatic heterocycles. The summed E-state index contributed by atoms with van der Waals surface area (Å²) < 4.78 is 15.0. The molecule has 0 spiro atoms. The summed E-state index contributed by atoms with van der Waals surface area (Å²) in [7, 11) is 0. The molecule has 0 saturated heterocycles. The number of rotatable bonds is 5. The van der Waals surface area contributed by atoms with Gasteiger partial charge < -0.3 is 5.73 Å². The van der Waals surface area contributed by atoms with E-state index in [1.807, 2.05) is 32.0 Å². The van der Waals surface area contributed by atoms with Gasteiger partial charge in [-0.15, -0.1) is 0 Å². The van der Waals surface area contributed by atoms with Crippen molar-refractivity contribution in [3.63, 3.8) is 0 Å². The molecule has 5 nitrogen and oxygen atoms in total. The molecule has 1 unspecified atom stereocenters. The van der Waals surface area contributed by atoms with E-state index in [9.17, 15) is 9.18 Å².